The summed E-state index contributed by atoms with van der Waals surface area (Å²) in [4.78, 5) is 15.4. The van der Waals surface area contributed by atoms with Crippen LogP contribution in [0.2, 0.25) is 0 Å². The quantitative estimate of drug-likeness (QED) is 0.779. The fourth-order valence-corrected chi connectivity index (χ4v) is 4.68. The second kappa shape index (κ2) is 7.33. The Bertz CT molecular complexity index is 851. The number of benzene rings is 2. The van der Waals surface area contributed by atoms with Crippen molar-refractivity contribution in [1.82, 2.24) is 4.90 Å². The number of piperidine rings is 1. The highest BCUT2D eigenvalue weighted by atomic mass is 16.2. The molecule has 1 heterocycles. The summed E-state index contributed by atoms with van der Waals surface area (Å²) in [6.07, 6.45) is 6.37. The highest BCUT2D eigenvalue weighted by Crippen LogP contribution is 2.37. The van der Waals surface area contributed by atoms with Gasteiger partial charge in [-0.1, -0.05) is 55.7 Å². The monoisotopic (exact) mass is 344 g/mol. The van der Waals surface area contributed by atoms with Crippen molar-refractivity contribution >= 4 is 5.91 Å². The predicted molar refractivity (Wildman–Crippen MR) is 103 cm³/mol. The van der Waals surface area contributed by atoms with E-state index in [1.165, 1.54) is 25.7 Å². The van der Waals surface area contributed by atoms with Gasteiger partial charge >= 0.3 is 0 Å². The molecule has 132 valence electrons. The number of hydrogen-bond donors (Lipinski definition) is 0. The van der Waals surface area contributed by atoms with Crippen LogP contribution in [0.3, 0.4) is 0 Å². The van der Waals surface area contributed by atoms with Gasteiger partial charge in [-0.05, 0) is 42.4 Å². The number of amides is 1. The number of nitrogens with zero attached hydrogens (tertiary/aromatic N) is 2. The molecule has 2 aromatic rings. The Labute approximate surface area is 155 Å². The molecule has 0 unspecified atom stereocenters. The predicted octanol–water partition coefficient (Wildman–Crippen LogP) is 4.88. The number of fused-ring (bicyclic) bond motifs is 1. The summed E-state index contributed by atoms with van der Waals surface area (Å²) < 4.78 is 0. The summed E-state index contributed by atoms with van der Waals surface area (Å²) in [5.74, 6) is 1.58. The standard InChI is InChI=1S/C23H24N2O/c24-15-18-8-3-4-10-20(18)21-11-5-6-12-22(21)23(26)25-14-13-17-7-1-2-9-19(17)16-25/h3-6,8,10-12,17,19H,1-2,7,9,13-14,16H2/t17-,19+/m1/s1. The lowest BCUT2D eigenvalue weighted by atomic mass is 9.75. The Hall–Kier alpha value is -2.60. The molecule has 1 amide bonds. The number of rotatable bonds is 2. The maximum atomic E-state index is 13.3. The lowest BCUT2D eigenvalue weighted by Gasteiger charge is -2.41. The molecule has 2 aliphatic rings. The van der Waals surface area contributed by atoms with Crippen molar-refractivity contribution in [2.24, 2.45) is 11.8 Å². The van der Waals surface area contributed by atoms with E-state index < -0.39 is 0 Å². The van der Waals surface area contributed by atoms with E-state index in [-0.39, 0.29) is 5.91 Å². The fraction of sp³-hybridized carbons (Fsp3) is 0.391. The summed E-state index contributed by atoms with van der Waals surface area (Å²) in [5.41, 5.74) is 3.02. The molecule has 1 aliphatic carbocycles. The Kier molecular flexibility index (Phi) is 4.75. The van der Waals surface area contributed by atoms with Crippen LogP contribution >= 0.6 is 0 Å². The minimum Gasteiger partial charge on any atom is -0.338 e. The molecule has 26 heavy (non-hydrogen) atoms. The molecule has 0 radical (unpaired) electrons. The Morgan fingerprint density at radius 1 is 0.923 bits per heavy atom. The van der Waals surface area contributed by atoms with E-state index in [0.29, 0.717) is 17.0 Å². The molecule has 0 N–H and O–H groups in total. The van der Waals surface area contributed by atoms with Crippen molar-refractivity contribution in [3.63, 3.8) is 0 Å². The van der Waals surface area contributed by atoms with E-state index in [1.807, 2.05) is 53.4 Å². The van der Waals surface area contributed by atoms with Gasteiger partial charge in [0.25, 0.3) is 5.91 Å². The normalized spacial score (nSPS) is 22.3. The van der Waals surface area contributed by atoms with Crippen LogP contribution < -0.4 is 0 Å². The Morgan fingerprint density at radius 3 is 2.42 bits per heavy atom. The molecule has 0 aromatic heterocycles. The molecule has 2 aromatic carbocycles. The molecule has 1 aliphatic heterocycles. The van der Waals surface area contributed by atoms with Crippen LogP contribution in [0.25, 0.3) is 11.1 Å². The van der Waals surface area contributed by atoms with Gasteiger partial charge in [0.2, 0.25) is 0 Å². The van der Waals surface area contributed by atoms with E-state index in [4.69, 9.17) is 0 Å². The van der Waals surface area contributed by atoms with Crippen LogP contribution in [0.15, 0.2) is 48.5 Å². The Balaban J connectivity index is 1.64. The molecule has 1 saturated carbocycles. The molecular formula is C23H24N2O. The van der Waals surface area contributed by atoms with Gasteiger partial charge in [0.1, 0.15) is 0 Å². The second-order valence-electron chi connectivity index (χ2n) is 7.55. The van der Waals surface area contributed by atoms with Gasteiger partial charge in [-0.15, -0.1) is 0 Å². The molecule has 2 atom stereocenters. The highest BCUT2D eigenvalue weighted by molar-refractivity contribution is 6.01. The maximum Gasteiger partial charge on any atom is 0.254 e. The van der Waals surface area contributed by atoms with Crippen molar-refractivity contribution in [2.75, 3.05) is 13.1 Å². The average molecular weight is 344 g/mol. The number of likely N-dealkylation sites (tertiary alicyclic amines) is 1. The number of carbonyl (C=O) groups excluding carboxylic acids is 1. The summed E-state index contributed by atoms with van der Waals surface area (Å²) in [5, 5.41) is 9.44. The highest BCUT2D eigenvalue weighted by Gasteiger charge is 2.33. The van der Waals surface area contributed by atoms with Crippen molar-refractivity contribution in [3.05, 3.63) is 59.7 Å². The SMILES string of the molecule is N#Cc1ccccc1-c1ccccc1C(=O)N1CC[C@H]2CCCC[C@H]2C1. The first-order chi connectivity index (χ1) is 12.8. The lowest BCUT2D eigenvalue weighted by molar-refractivity contribution is 0.0521. The minimum atomic E-state index is 0.109. The number of nitriles is 1. The van der Waals surface area contributed by atoms with E-state index in [1.54, 1.807) is 0 Å². The van der Waals surface area contributed by atoms with E-state index in [2.05, 4.69) is 6.07 Å². The summed E-state index contributed by atoms with van der Waals surface area (Å²) in [6.45, 7) is 1.74. The third kappa shape index (κ3) is 3.12. The largest absolute Gasteiger partial charge is 0.338 e. The van der Waals surface area contributed by atoms with Crippen LogP contribution in [-0.2, 0) is 0 Å². The Morgan fingerprint density at radius 2 is 1.62 bits per heavy atom. The maximum absolute atomic E-state index is 13.3. The van der Waals surface area contributed by atoms with Gasteiger partial charge in [-0.3, -0.25) is 4.79 Å². The number of hydrogen-bond acceptors (Lipinski definition) is 2. The van der Waals surface area contributed by atoms with Gasteiger partial charge < -0.3 is 4.90 Å². The smallest absolute Gasteiger partial charge is 0.254 e. The number of carbonyl (C=O) groups is 1. The fourth-order valence-electron chi connectivity index (χ4n) is 4.68. The van der Waals surface area contributed by atoms with Crippen LogP contribution in [0.4, 0.5) is 0 Å². The molecule has 4 rings (SSSR count). The van der Waals surface area contributed by atoms with Gasteiger partial charge in [0, 0.05) is 24.2 Å². The zero-order valence-electron chi connectivity index (χ0n) is 15.0. The zero-order chi connectivity index (χ0) is 17.9. The van der Waals surface area contributed by atoms with Crippen LogP contribution in [0.5, 0.6) is 0 Å². The topological polar surface area (TPSA) is 44.1 Å². The summed E-state index contributed by atoms with van der Waals surface area (Å²) >= 11 is 0. The lowest BCUT2D eigenvalue weighted by Crippen LogP contribution is -2.44. The van der Waals surface area contributed by atoms with Crippen LogP contribution in [0.1, 0.15) is 48.0 Å². The van der Waals surface area contributed by atoms with E-state index in [9.17, 15) is 10.1 Å². The third-order valence-corrected chi connectivity index (χ3v) is 6.07. The van der Waals surface area contributed by atoms with Crippen molar-refractivity contribution < 1.29 is 4.79 Å². The molecule has 3 nitrogen and oxygen atoms in total. The van der Waals surface area contributed by atoms with E-state index in [0.717, 1.165) is 36.6 Å². The van der Waals surface area contributed by atoms with E-state index >= 15 is 0 Å². The summed E-state index contributed by atoms with van der Waals surface area (Å²) in [6, 6.07) is 17.5. The first-order valence-corrected chi connectivity index (χ1v) is 9.65. The second-order valence-corrected chi connectivity index (χ2v) is 7.55. The van der Waals surface area contributed by atoms with Crippen LogP contribution in [-0.4, -0.2) is 23.9 Å². The third-order valence-electron chi connectivity index (χ3n) is 6.07. The molecule has 0 spiro atoms. The average Bonchev–Trinajstić information content (AvgIpc) is 2.73. The first kappa shape index (κ1) is 16.8. The molecular weight excluding hydrogens is 320 g/mol. The van der Waals surface area contributed by atoms with Gasteiger partial charge in [0.05, 0.1) is 11.6 Å². The molecule has 0 bridgehead atoms. The molecule has 3 heteroatoms. The molecule has 1 saturated heterocycles. The van der Waals surface area contributed by atoms with Gasteiger partial charge in [-0.25, -0.2) is 0 Å². The van der Waals surface area contributed by atoms with Crippen LogP contribution in [0, 0.1) is 23.2 Å². The summed E-state index contributed by atoms with van der Waals surface area (Å²) in [7, 11) is 0. The van der Waals surface area contributed by atoms with Gasteiger partial charge in [0.15, 0.2) is 0 Å². The minimum absolute atomic E-state index is 0.109. The molecule has 2 fully saturated rings. The van der Waals surface area contributed by atoms with Crippen molar-refractivity contribution in [3.8, 4) is 17.2 Å². The van der Waals surface area contributed by atoms with Gasteiger partial charge in [-0.2, -0.15) is 5.26 Å². The van der Waals surface area contributed by atoms with Crippen molar-refractivity contribution in [2.45, 2.75) is 32.1 Å². The van der Waals surface area contributed by atoms with Crippen molar-refractivity contribution in [1.29, 1.82) is 5.26 Å². The first-order valence-electron chi connectivity index (χ1n) is 9.65. The zero-order valence-corrected chi connectivity index (χ0v) is 15.0.